The standard InChI is InChI=1S/C22H18ClNO4/c1-2-13-3-8-17-16(11-13)22(27,21(26)24-17)12-18(25)20-10-9-19(28-20)14-4-6-15(23)7-5-14/h3-11,27H,2,12H2,1H3,(H,24,26)/t22-/m0/s1. The Morgan fingerprint density at radius 1 is 1.14 bits per heavy atom. The number of carbonyl (C=O) groups excluding carboxylic acids is 2. The molecule has 0 spiro atoms. The molecular weight excluding hydrogens is 378 g/mol. The van der Waals surface area contributed by atoms with Crippen molar-refractivity contribution in [1.29, 1.82) is 0 Å². The maximum Gasteiger partial charge on any atom is 0.261 e. The average Bonchev–Trinajstić information content (AvgIpc) is 3.27. The second kappa shape index (κ2) is 6.93. The lowest BCUT2D eigenvalue weighted by molar-refractivity contribution is -0.133. The molecule has 0 saturated carbocycles. The van der Waals surface area contributed by atoms with Crippen LogP contribution in [0.5, 0.6) is 0 Å². The topological polar surface area (TPSA) is 79.5 Å². The third-order valence-electron chi connectivity index (χ3n) is 4.99. The fourth-order valence-corrected chi connectivity index (χ4v) is 3.49. The molecule has 0 unspecified atom stereocenters. The Kier molecular flexibility index (Phi) is 4.57. The Morgan fingerprint density at radius 3 is 2.61 bits per heavy atom. The predicted molar refractivity (Wildman–Crippen MR) is 106 cm³/mol. The molecular formula is C22H18ClNO4. The van der Waals surface area contributed by atoms with Gasteiger partial charge in [-0.1, -0.05) is 30.7 Å². The van der Waals surface area contributed by atoms with E-state index in [9.17, 15) is 14.7 Å². The highest BCUT2D eigenvalue weighted by Gasteiger charge is 2.47. The number of amides is 1. The van der Waals surface area contributed by atoms with E-state index in [4.69, 9.17) is 16.0 Å². The zero-order chi connectivity index (χ0) is 19.9. The lowest BCUT2D eigenvalue weighted by Gasteiger charge is -2.20. The number of aryl methyl sites for hydroxylation is 1. The monoisotopic (exact) mass is 395 g/mol. The number of benzene rings is 2. The van der Waals surface area contributed by atoms with Crippen LogP contribution in [0.2, 0.25) is 5.02 Å². The summed E-state index contributed by atoms with van der Waals surface area (Å²) in [7, 11) is 0. The van der Waals surface area contributed by atoms with Gasteiger partial charge in [0, 0.05) is 21.8 Å². The molecule has 1 atom stereocenters. The summed E-state index contributed by atoms with van der Waals surface area (Å²) >= 11 is 5.89. The van der Waals surface area contributed by atoms with Crippen molar-refractivity contribution in [2.75, 3.05) is 5.32 Å². The number of hydrogen-bond acceptors (Lipinski definition) is 4. The van der Waals surface area contributed by atoms with E-state index in [1.807, 2.05) is 13.0 Å². The number of nitrogens with one attached hydrogen (secondary N) is 1. The summed E-state index contributed by atoms with van der Waals surface area (Å²) in [6.45, 7) is 1.98. The SMILES string of the molecule is CCc1ccc2c(c1)[C@@](O)(CC(=O)c1ccc(-c3ccc(Cl)cc3)o1)C(=O)N2. The van der Waals surface area contributed by atoms with Gasteiger partial charge < -0.3 is 14.8 Å². The molecule has 3 aromatic rings. The van der Waals surface area contributed by atoms with Crippen LogP contribution in [-0.4, -0.2) is 16.8 Å². The Hall–Kier alpha value is -2.89. The van der Waals surface area contributed by atoms with Gasteiger partial charge in [-0.3, -0.25) is 9.59 Å². The minimum absolute atomic E-state index is 0.0891. The van der Waals surface area contributed by atoms with Crippen LogP contribution in [0.3, 0.4) is 0 Å². The maximum atomic E-state index is 12.8. The highest BCUT2D eigenvalue weighted by Crippen LogP contribution is 2.40. The van der Waals surface area contributed by atoms with Gasteiger partial charge in [0.1, 0.15) is 5.76 Å². The molecule has 4 rings (SSSR count). The third kappa shape index (κ3) is 3.13. The number of furan rings is 1. The molecule has 2 aromatic carbocycles. The van der Waals surface area contributed by atoms with Crippen LogP contribution >= 0.6 is 11.6 Å². The van der Waals surface area contributed by atoms with Crippen LogP contribution in [0.1, 0.15) is 35.0 Å². The summed E-state index contributed by atoms with van der Waals surface area (Å²) in [4.78, 5) is 25.2. The Labute approximate surface area is 166 Å². The summed E-state index contributed by atoms with van der Waals surface area (Å²) in [6.07, 6.45) is 0.362. The summed E-state index contributed by atoms with van der Waals surface area (Å²) in [5, 5.41) is 14.3. The predicted octanol–water partition coefficient (Wildman–Crippen LogP) is 4.58. The third-order valence-corrected chi connectivity index (χ3v) is 5.24. The van der Waals surface area contributed by atoms with E-state index in [1.54, 1.807) is 48.5 Å². The van der Waals surface area contributed by atoms with Crippen molar-refractivity contribution in [2.24, 2.45) is 0 Å². The first kappa shape index (κ1) is 18.5. The largest absolute Gasteiger partial charge is 0.453 e. The minimum atomic E-state index is -1.91. The van der Waals surface area contributed by atoms with Gasteiger partial charge in [-0.15, -0.1) is 0 Å². The average molecular weight is 396 g/mol. The van der Waals surface area contributed by atoms with Gasteiger partial charge >= 0.3 is 0 Å². The summed E-state index contributed by atoms with van der Waals surface area (Å²) in [6, 6.07) is 15.7. The lowest BCUT2D eigenvalue weighted by atomic mass is 9.88. The lowest BCUT2D eigenvalue weighted by Crippen LogP contribution is -2.36. The molecule has 5 nitrogen and oxygen atoms in total. The molecule has 1 aliphatic heterocycles. The molecule has 0 fully saturated rings. The highest BCUT2D eigenvalue weighted by atomic mass is 35.5. The number of aliphatic hydroxyl groups is 1. The highest BCUT2D eigenvalue weighted by molar-refractivity contribution is 6.30. The molecule has 1 aliphatic rings. The van der Waals surface area contributed by atoms with Crippen molar-refractivity contribution in [3.63, 3.8) is 0 Å². The smallest absolute Gasteiger partial charge is 0.261 e. The van der Waals surface area contributed by atoms with Crippen molar-refractivity contribution in [1.82, 2.24) is 0 Å². The maximum absolute atomic E-state index is 12.8. The van der Waals surface area contributed by atoms with E-state index in [0.29, 0.717) is 22.0 Å². The van der Waals surface area contributed by atoms with Crippen molar-refractivity contribution in [2.45, 2.75) is 25.4 Å². The Morgan fingerprint density at radius 2 is 1.89 bits per heavy atom. The van der Waals surface area contributed by atoms with Gasteiger partial charge in [-0.25, -0.2) is 0 Å². The van der Waals surface area contributed by atoms with Gasteiger partial charge in [0.05, 0.1) is 6.42 Å². The molecule has 1 amide bonds. The summed E-state index contributed by atoms with van der Waals surface area (Å²) in [5.41, 5.74) is 0.793. The first-order valence-corrected chi connectivity index (χ1v) is 9.34. The second-order valence-electron chi connectivity index (χ2n) is 6.82. The molecule has 0 aliphatic carbocycles. The van der Waals surface area contributed by atoms with Gasteiger partial charge in [0.2, 0.25) is 5.78 Å². The zero-order valence-electron chi connectivity index (χ0n) is 15.2. The molecule has 6 heteroatoms. The zero-order valence-corrected chi connectivity index (χ0v) is 15.9. The molecule has 0 radical (unpaired) electrons. The van der Waals surface area contributed by atoms with E-state index in [-0.39, 0.29) is 5.76 Å². The van der Waals surface area contributed by atoms with E-state index in [1.165, 1.54) is 0 Å². The van der Waals surface area contributed by atoms with Crippen molar-refractivity contribution in [3.8, 4) is 11.3 Å². The van der Waals surface area contributed by atoms with E-state index in [0.717, 1.165) is 17.5 Å². The van der Waals surface area contributed by atoms with Crippen LogP contribution in [0.4, 0.5) is 5.69 Å². The van der Waals surface area contributed by atoms with Gasteiger partial charge in [0.15, 0.2) is 11.4 Å². The van der Waals surface area contributed by atoms with Crippen molar-refractivity contribution in [3.05, 3.63) is 76.5 Å². The Balaban J connectivity index is 1.61. The fourth-order valence-electron chi connectivity index (χ4n) is 3.36. The molecule has 2 heterocycles. The van der Waals surface area contributed by atoms with Gasteiger partial charge in [-0.05, 0) is 54.4 Å². The van der Waals surface area contributed by atoms with Crippen LogP contribution < -0.4 is 5.32 Å². The summed E-state index contributed by atoms with van der Waals surface area (Å²) < 4.78 is 5.66. The number of halogens is 1. The summed E-state index contributed by atoms with van der Waals surface area (Å²) in [5.74, 6) is -0.455. The van der Waals surface area contributed by atoms with Gasteiger partial charge in [0.25, 0.3) is 5.91 Å². The van der Waals surface area contributed by atoms with Crippen LogP contribution in [0.15, 0.2) is 59.0 Å². The van der Waals surface area contributed by atoms with Crippen LogP contribution in [0, 0.1) is 0 Å². The van der Waals surface area contributed by atoms with Crippen LogP contribution in [0.25, 0.3) is 11.3 Å². The molecule has 142 valence electrons. The number of anilines is 1. The number of hydrogen-bond donors (Lipinski definition) is 2. The number of fused-ring (bicyclic) bond motifs is 1. The Bertz CT molecular complexity index is 1070. The quantitative estimate of drug-likeness (QED) is 0.620. The van der Waals surface area contributed by atoms with Crippen molar-refractivity contribution >= 4 is 29.0 Å². The number of ketones is 1. The normalized spacial score (nSPS) is 18.0. The van der Waals surface area contributed by atoms with Gasteiger partial charge in [-0.2, -0.15) is 0 Å². The van der Waals surface area contributed by atoms with Crippen LogP contribution in [-0.2, 0) is 16.8 Å². The number of Topliss-reactive ketones (excluding diaryl/α,β-unsaturated/α-hetero) is 1. The number of rotatable bonds is 5. The molecule has 0 bridgehead atoms. The fraction of sp³-hybridized carbons (Fsp3) is 0.182. The second-order valence-corrected chi connectivity index (χ2v) is 7.26. The molecule has 2 N–H and O–H groups in total. The van der Waals surface area contributed by atoms with E-state index < -0.39 is 23.7 Å². The first-order chi connectivity index (χ1) is 13.4. The van der Waals surface area contributed by atoms with E-state index >= 15 is 0 Å². The molecule has 0 saturated heterocycles. The molecule has 1 aromatic heterocycles. The number of carbonyl (C=O) groups is 2. The van der Waals surface area contributed by atoms with E-state index in [2.05, 4.69) is 5.32 Å². The molecule has 28 heavy (non-hydrogen) atoms. The first-order valence-electron chi connectivity index (χ1n) is 8.97. The minimum Gasteiger partial charge on any atom is -0.453 e. The van der Waals surface area contributed by atoms with Crippen molar-refractivity contribution < 1.29 is 19.1 Å².